The summed E-state index contributed by atoms with van der Waals surface area (Å²) in [6, 6.07) is -0.362. The van der Waals surface area contributed by atoms with Crippen LogP contribution in [0.5, 0.6) is 0 Å². The van der Waals surface area contributed by atoms with Crippen LogP contribution >= 0.6 is 0 Å². The van der Waals surface area contributed by atoms with Crippen molar-refractivity contribution in [3.8, 4) is 0 Å². The third-order valence-corrected chi connectivity index (χ3v) is 3.76. The summed E-state index contributed by atoms with van der Waals surface area (Å²) in [5.74, 6) is 1.55. The van der Waals surface area contributed by atoms with Gasteiger partial charge in [0.2, 0.25) is 5.89 Å². The summed E-state index contributed by atoms with van der Waals surface area (Å²) in [7, 11) is 0. The van der Waals surface area contributed by atoms with Crippen molar-refractivity contribution in [3.05, 3.63) is 17.5 Å². The molecule has 0 bridgehead atoms. The number of anilines is 1. The molecule has 2 N–H and O–H groups in total. The zero-order valence-corrected chi connectivity index (χ0v) is 12.5. The number of carbonyl (C=O) groups is 1. The van der Waals surface area contributed by atoms with E-state index in [2.05, 4.69) is 30.9 Å². The van der Waals surface area contributed by atoms with Gasteiger partial charge in [-0.2, -0.15) is 9.97 Å². The van der Waals surface area contributed by atoms with Crippen molar-refractivity contribution in [2.24, 2.45) is 0 Å². The van der Waals surface area contributed by atoms with E-state index < -0.39 is 11.6 Å². The molecule has 1 saturated carbocycles. The van der Waals surface area contributed by atoms with Gasteiger partial charge in [0, 0.05) is 6.42 Å². The van der Waals surface area contributed by atoms with E-state index >= 15 is 0 Å². The Hall–Kier alpha value is -2.45. The molecule has 1 aliphatic rings. The Bertz CT molecular complexity index is 658. The lowest BCUT2D eigenvalue weighted by Gasteiger charge is -2.26. The van der Waals surface area contributed by atoms with E-state index in [-0.39, 0.29) is 6.01 Å². The Morgan fingerprint density at radius 1 is 1.23 bits per heavy atom. The summed E-state index contributed by atoms with van der Waals surface area (Å²) in [6.07, 6.45) is 4.19. The number of urea groups is 1. The molecule has 0 saturated heterocycles. The van der Waals surface area contributed by atoms with Gasteiger partial charge in [0.05, 0.1) is 0 Å². The van der Waals surface area contributed by atoms with Crippen LogP contribution in [0.3, 0.4) is 0 Å². The van der Waals surface area contributed by atoms with Gasteiger partial charge in [0.1, 0.15) is 5.54 Å². The minimum Gasteiger partial charge on any atom is -0.339 e. The standard InChI is InChI=1S/C13H18N6O3/c1-3-9-15-10(19-21-9)13(6-4-5-7-13)17-11(20)16-12-14-8(2)18-22-12/h3-7H2,1-2H3,(H2,14,16,17,18,20). The third kappa shape index (κ3) is 2.78. The number of aryl methyl sites for hydroxylation is 2. The maximum absolute atomic E-state index is 12.2. The lowest BCUT2D eigenvalue weighted by atomic mass is 9.97. The minimum absolute atomic E-state index is 0.0607. The number of aromatic nitrogens is 4. The average Bonchev–Trinajstić information content (AvgIpc) is 3.20. The van der Waals surface area contributed by atoms with E-state index in [0.29, 0.717) is 24.0 Å². The first-order chi connectivity index (χ1) is 10.6. The van der Waals surface area contributed by atoms with Gasteiger partial charge in [-0.25, -0.2) is 4.79 Å². The largest absolute Gasteiger partial charge is 0.339 e. The molecule has 3 rings (SSSR count). The fraction of sp³-hybridized carbons (Fsp3) is 0.615. The Balaban J connectivity index is 1.75. The predicted octanol–water partition coefficient (Wildman–Crippen LogP) is 1.91. The van der Waals surface area contributed by atoms with Gasteiger partial charge in [-0.05, 0) is 19.8 Å². The maximum Gasteiger partial charge on any atom is 0.329 e. The van der Waals surface area contributed by atoms with Gasteiger partial charge in [-0.1, -0.05) is 30.1 Å². The molecule has 0 aromatic carbocycles. The van der Waals surface area contributed by atoms with E-state index in [4.69, 9.17) is 9.05 Å². The second-order valence-electron chi connectivity index (χ2n) is 5.38. The zero-order valence-electron chi connectivity index (χ0n) is 12.5. The SMILES string of the molecule is CCc1nc(C2(NC(=O)Nc3nc(C)no3)CCCC2)no1. The lowest BCUT2D eigenvalue weighted by molar-refractivity contribution is 0.231. The van der Waals surface area contributed by atoms with Crippen molar-refractivity contribution in [2.75, 3.05) is 5.32 Å². The van der Waals surface area contributed by atoms with Gasteiger partial charge in [0.15, 0.2) is 11.6 Å². The Labute approximate surface area is 126 Å². The van der Waals surface area contributed by atoms with E-state index in [1.54, 1.807) is 6.92 Å². The highest BCUT2D eigenvalue weighted by Crippen LogP contribution is 2.37. The highest BCUT2D eigenvalue weighted by Gasteiger charge is 2.41. The van der Waals surface area contributed by atoms with Gasteiger partial charge < -0.3 is 14.4 Å². The molecule has 0 atom stereocenters. The molecule has 22 heavy (non-hydrogen) atoms. The fourth-order valence-electron chi connectivity index (χ4n) is 2.67. The fourth-order valence-corrected chi connectivity index (χ4v) is 2.67. The van der Waals surface area contributed by atoms with Gasteiger partial charge in [-0.3, -0.25) is 5.32 Å². The highest BCUT2D eigenvalue weighted by atomic mass is 16.5. The Kier molecular flexibility index (Phi) is 3.78. The summed E-state index contributed by atoms with van der Waals surface area (Å²) in [5.41, 5.74) is -0.601. The topological polar surface area (TPSA) is 119 Å². The molecule has 2 amide bonds. The smallest absolute Gasteiger partial charge is 0.329 e. The molecule has 2 heterocycles. The van der Waals surface area contributed by atoms with E-state index in [1.807, 2.05) is 6.92 Å². The molecule has 118 valence electrons. The number of amides is 2. The van der Waals surface area contributed by atoms with Crippen molar-refractivity contribution in [3.63, 3.8) is 0 Å². The minimum atomic E-state index is -0.601. The first-order valence-corrected chi connectivity index (χ1v) is 7.34. The van der Waals surface area contributed by atoms with Crippen molar-refractivity contribution < 1.29 is 13.8 Å². The number of nitrogens with zero attached hydrogens (tertiary/aromatic N) is 4. The number of hydrogen-bond acceptors (Lipinski definition) is 7. The van der Waals surface area contributed by atoms with E-state index in [0.717, 1.165) is 25.7 Å². The van der Waals surface area contributed by atoms with Crippen molar-refractivity contribution in [2.45, 2.75) is 51.5 Å². The summed E-state index contributed by atoms with van der Waals surface area (Å²) in [5, 5.41) is 13.1. The molecule has 2 aromatic rings. The van der Waals surface area contributed by atoms with Crippen LogP contribution in [0.2, 0.25) is 0 Å². The third-order valence-electron chi connectivity index (χ3n) is 3.76. The first kappa shape index (κ1) is 14.5. The lowest BCUT2D eigenvalue weighted by Crippen LogP contribution is -2.46. The van der Waals surface area contributed by atoms with Crippen LogP contribution in [0.1, 0.15) is 50.1 Å². The van der Waals surface area contributed by atoms with E-state index in [9.17, 15) is 4.79 Å². The molecule has 0 aliphatic heterocycles. The van der Waals surface area contributed by atoms with Gasteiger partial charge >= 0.3 is 12.0 Å². The molecule has 1 aliphatic carbocycles. The maximum atomic E-state index is 12.2. The number of carbonyl (C=O) groups excluding carboxylic acids is 1. The van der Waals surface area contributed by atoms with Crippen LogP contribution in [0.15, 0.2) is 9.05 Å². The second-order valence-corrected chi connectivity index (χ2v) is 5.38. The summed E-state index contributed by atoms with van der Waals surface area (Å²) < 4.78 is 10.1. The van der Waals surface area contributed by atoms with Gasteiger partial charge in [0.25, 0.3) is 0 Å². The molecular formula is C13H18N6O3. The van der Waals surface area contributed by atoms with Crippen LogP contribution in [0.4, 0.5) is 10.8 Å². The summed E-state index contributed by atoms with van der Waals surface area (Å²) in [6.45, 7) is 3.62. The van der Waals surface area contributed by atoms with Crippen LogP contribution < -0.4 is 10.6 Å². The molecular weight excluding hydrogens is 288 g/mol. The average molecular weight is 306 g/mol. The van der Waals surface area contributed by atoms with Crippen molar-refractivity contribution in [1.29, 1.82) is 0 Å². The van der Waals surface area contributed by atoms with Crippen molar-refractivity contribution in [1.82, 2.24) is 25.6 Å². The van der Waals surface area contributed by atoms with Gasteiger partial charge in [-0.15, -0.1) is 0 Å². The van der Waals surface area contributed by atoms with Crippen LogP contribution in [-0.4, -0.2) is 26.3 Å². The van der Waals surface area contributed by atoms with Crippen LogP contribution in [0.25, 0.3) is 0 Å². The molecule has 9 nitrogen and oxygen atoms in total. The molecule has 2 aromatic heterocycles. The Morgan fingerprint density at radius 3 is 2.59 bits per heavy atom. The molecule has 1 fully saturated rings. The van der Waals surface area contributed by atoms with Crippen molar-refractivity contribution >= 4 is 12.0 Å². The first-order valence-electron chi connectivity index (χ1n) is 7.34. The molecule has 0 radical (unpaired) electrons. The monoisotopic (exact) mass is 306 g/mol. The van der Waals surface area contributed by atoms with E-state index in [1.165, 1.54) is 0 Å². The zero-order chi connectivity index (χ0) is 15.6. The highest BCUT2D eigenvalue weighted by molar-refractivity contribution is 5.87. The molecule has 0 spiro atoms. The summed E-state index contributed by atoms with van der Waals surface area (Å²) >= 11 is 0. The van der Waals surface area contributed by atoms with Crippen LogP contribution in [0, 0.1) is 6.92 Å². The predicted molar refractivity (Wildman–Crippen MR) is 75.0 cm³/mol. The number of rotatable bonds is 4. The quantitative estimate of drug-likeness (QED) is 0.885. The normalized spacial score (nSPS) is 16.6. The molecule has 0 unspecified atom stereocenters. The molecule has 9 heteroatoms. The van der Waals surface area contributed by atoms with Crippen LogP contribution in [-0.2, 0) is 12.0 Å². The Morgan fingerprint density at radius 2 is 2.00 bits per heavy atom. The second kappa shape index (κ2) is 5.74. The number of hydrogen-bond donors (Lipinski definition) is 2. The summed E-state index contributed by atoms with van der Waals surface area (Å²) in [4.78, 5) is 20.5. The number of nitrogens with one attached hydrogen (secondary N) is 2.